The van der Waals surface area contributed by atoms with Crippen molar-refractivity contribution in [3.8, 4) is 11.5 Å². The number of phenols is 1. The molecule has 0 spiro atoms. The number of aliphatic hydroxyl groups excluding tert-OH is 1. The van der Waals surface area contributed by atoms with Crippen molar-refractivity contribution in [1.82, 2.24) is 0 Å². The molecule has 100 valence electrons. The van der Waals surface area contributed by atoms with Gasteiger partial charge in [-0.3, -0.25) is 0 Å². The normalized spacial score (nSPS) is 12.2. The van der Waals surface area contributed by atoms with E-state index in [1.54, 1.807) is 31.2 Å². The van der Waals surface area contributed by atoms with Crippen molar-refractivity contribution in [2.45, 2.75) is 19.6 Å². The van der Waals surface area contributed by atoms with E-state index in [4.69, 9.17) is 4.74 Å². The Kier molecular flexibility index (Phi) is 4.45. The van der Waals surface area contributed by atoms with Crippen LogP contribution in [0.25, 0.3) is 0 Å². The number of ether oxygens (including phenoxy) is 1. The molecule has 2 N–H and O–H groups in total. The van der Waals surface area contributed by atoms with Crippen LogP contribution >= 0.6 is 15.9 Å². The zero-order valence-electron chi connectivity index (χ0n) is 10.5. The number of aliphatic hydroxyl groups is 1. The second-order valence-corrected chi connectivity index (χ2v) is 5.23. The van der Waals surface area contributed by atoms with Crippen LogP contribution in [0.1, 0.15) is 24.2 Å². The molecule has 3 nitrogen and oxygen atoms in total. The van der Waals surface area contributed by atoms with Crippen molar-refractivity contribution >= 4 is 15.9 Å². The predicted octanol–water partition coefficient (Wildman–Crippen LogP) is 3.79. The van der Waals surface area contributed by atoms with Crippen LogP contribution in [0.4, 0.5) is 0 Å². The summed E-state index contributed by atoms with van der Waals surface area (Å²) in [5.74, 6) is 0.883. The minimum absolute atomic E-state index is 0.232. The van der Waals surface area contributed by atoms with Gasteiger partial charge in [-0.05, 0) is 36.8 Å². The maximum absolute atomic E-state index is 9.70. The Morgan fingerprint density at radius 1 is 1.16 bits per heavy atom. The highest BCUT2D eigenvalue weighted by molar-refractivity contribution is 9.10. The number of hydrogen-bond donors (Lipinski definition) is 2. The Morgan fingerprint density at radius 2 is 1.84 bits per heavy atom. The van der Waals surface area contributed by atoms with E-state index >= 15 is 0 Å². The van der Waals surface area contributed by atoms with E-state index in [2.05, 4.69) is 15.9 Å². The number of benzene rings is 2. The molecule has 0 heterocycles. The highest BCUT2D eigenvalue weighted by Crippen LogP contribution is 2.29. The quantitative estimate of drug-likeness (QED) is 0.900. The SMILES string of the molecule is C[C@@H](O)c1ccc(Br)cc1OCc1ccc(O)cc1. The van der Waals surface area contributed by atoms with E-state index in [0.717, 1.165) is 15.6 Å². The van der Waals surface area contributed by atoms with Crippen LogP contribution in [-0.2, 0) is 6.61 Å². The number of hydrogen-bond acceptors (Lipinski definition) is 3. The minimum Gasteiger partial charge on any atom is -0.508 e. The molecule has 0 fully saturated rings. The highest BCUT2D eigenvalue weighted by atomic mass is 79.9. The summed E-state index contributed by atoms with van der Waals surface area (Å²) in [4.78, 5) is 0. The fraction of sp³-hybridized carbons (Fsp3) is 0.200. The Morgan fingerprint density at radius 3 is 2.47 bits per heavy atom. The van der Waals surface area contributed by atoms with Gasteiger partial charge in [-0.2, -0.15) is 0 Å². The zero-order valence-corrected chi connectivity index (χ0v) is 12.1. The molecular formula is C15H15BrO3. The van der Waals surface area contributed by atoms with Crippen molar-refractivity contribution in [3.63, 3.8) is 0 Å². The number of halogens is 1. The van der Waals surface area contributed by atoms with Crippen molar-refractivity contribution in [3.05, 3.63) is 58.1 Å². The van der Waals surface area contributed by atoms with Gasteiger partial charge in [0.25, 0.3) is 0 Å². The summed E-state index contributed by atoms with van der Waals surface area (Å²) in [7, 11) is 0. The molecule has 2 rings (SSSR count). The smallest absolute Gasteiger partial charge is 0.126 e. The summed E-state index contributed by atoms with van der Waals surface area (Å²) < 4.78 is 6.63. The fourth-order valence-electron chi connectivity index (χ4n) is 1.73. The van der Waals surface area contributed by atoms with Gasteiger partial charge in [0.05, 0.1) is 6.10 Å². The fourth-order valence-corrected chi connectivity index (χ4v) is 2.07. The van der Waals surface area contributed by atoms with Gasteiger partial charge >= 0.3 is 0 Å². The van der Waals surface area contributed by atoms with Crippen LogP contribution in [0.5, 0.6) is 11.5 Å². The molecule has 0 aliphatic rings. The summed E-state index contributed by atoms with van der Waals surface area (Å²) in [5.41, 5.74) is 1.70. The third kappa shape index (κ3) is 3.72. The first-order valence-corrected chi connectivity index (χ1v) is 6.74. The zero-order chi connectivity index (χ0) is 13.8. The van der Waals surface area contributed by atoms with Crippen molar-refractivity contribution < 1.29 is 14.9 Å². The van der Waals surface area contributed by atoms with Crippen LogP contribution in [0.15, 0.2) is 46.9 Å². The molecule has 0 saturated heterocycles. The van der Waals surface area contributed by atoms with Crippen LogP contribution in [-0.4, -0.2) is 10.2 Å². The van der Waals surface area contributed by atoms with Crippen LogP contribution in [0.2, 0.25) is 0 Å². The van der Waals surface area contributed by atoms with Crippen molar-refractivity contribution in [2.24, 2.45) is 0 Å². The van der Waals surface area contributed by atoms with Crippen molar-refractivity contribution in [1.29, 1.82) is 0 Å². The van der Waals surface area contributed by atoms with Gasteiger partial charge in [-0.25, -0.2) is 0 Å². The summed E-state index contributed by atoms with van der Waals surface area (Å²) in [5, 5.41) is 18.9. The van der Waals surface area contributed by atoms with E-state index in [1.165, 1.54) is 0 Å². The molecule has 4 heteroatoms. The molecular weight excluding hydrogens is 308 g/mol. The molecule has 0 amide bonds. The topological polar surface area (TPSA) is 49.7 Å². The average Bonchev–Trinajstić information content (AvgIpc) is 2.38. The molecule has 0 aliphatic heterocycles. The summed E-state index contributed by atoms with van der Waals surface area (Å²) in [6.45, 7) is 2.09. The van der Waals surface area contributed by atoms with Crippen LogP contribution in [0, 0.1) is 0 Å². The maximum Gasteiger partial charge on any atom is 0.126 e. The lowest BCUT2D eigenvalue weighted by Crippen LogP contribution is -2.01. The molecule has 1 atom stereocenters. The van der Waals surface area contributed by atoms with Gasteiger partial charge in [0.15, 0.2) is 0 Å². The molecule has 0 unspecified atom stereocenters. The Bertz CT molecular complexity index is 550. The molecule has 0 radical (unpaired) electrons. The van der Waals surface area contributed by atoms with Gasteiger partial charge in [0, 0.05) is 10.0 Å². The first kappa shape index (κ1) is 13.9. The molecule has 2 aromatic rings. The highest BCUT2D eigenvalue weighted by Gasteiger charge is 2.09. The van der Waals surface area contributed by atoms with Crippen LogP contribution in [0.3, 0.4) is 0 Å². The monoisotopic (exact) mass is 322 g/mol. The lowest BCUT2D eigenvalue weighted by molar-refractivity contribution is 0.190. The minimum atomic E-state index is -0.581. The predicted molar refractivity (Wildman–Crippen MR) is 77.2 cm³/mol. The molecule has 2 aromatic carbocycles. The largest absolute Gasteiger partial charge is 0.508 e. The third-order valence-electron chi connectivity index (χ3n) is 2.76. The molecule has 0 aliphatic carbocycles. The van der Waals surface area contributed by atoms with Gasteiger partial charge < -0.3 is 14.9 Å². The summed E-state index contributed by atoms with van der Waals surface area (Å²) in [6, 6.07) is 12.4. The van der Waals surface area contributed by atoms with E-state index < -0.39 is 6.10 Å². The summed E-state index contributed by atoms with van der Waals surface area (Å²) in [6.07, 6.45) is -0.581. The van der Waals surface area contributed by atoms with Gasteiger partial charge in [0.2, 0.25) is 0 Å². The van der Waals surface area contributed by atoms with Gasteiger partial charge in [-0.1, -0.05) is 34.1 Å². The maximum atomic E-state index is 9.70. The Labute approximate surface area is 120 Å². The van der Waals surface area contributed by atoms with Gasteiger partial charge in [-0.15, -0.1) is 0 Å². The van der Waals surface area contributed by atoms with E-state index in [1.807, 2.05) is 18.2 Å². The molecule has 0 bridgehead atoms. The number of phenolic OH excluding ortho intramolecular Hbond substituents is 1. The standard InChI is InChI=1S/C15H15BrO3/c1-10(17)14-7-4-12(16)8-15(14)19-9-11-2-5-13(18)6-3-11/h2-8,10,17-18H,9H2,1H3/t10-/m1/s1. The number of aromatic hydroxyl groups is 1. The first-order chi connectivity index (χ1) is 9.06. The van der Waals surface area contributed by atoms with E-state index in [9.17, 15) is 10.2 Å². The van der Waals surface area contributed by atoms with Gasteiger partial charge in [0.1, 0.15) is 18.1 Å². The molecule has 0 aromatic heterocycles. The first-order valence-electron chi connectivity index (χ1n) is 5.94. The van der Waals surface area contributed by atoms with Crippen LogP contribution < -0.4 is 4.74 Å². The summed E-state index contributed by atoms with van der Waals surface area (Å²) >= 11 is 3.39. The number of rotatable bonds is 4. The molecule has 19 heavy (non-hydrogen) atoms. The Balaban J connectivity index is 2.14. The van der Waals surface area contributed by atoms with E-state index in [-0.39, 0.29) is 5.75 Å². The lowest BCUT2D eigenvalue weighted by atomic mass is 10.1. The molecule has 0 saturated carbocycles. The van der Waals surface area contributed by atoms with E-state index in [0.29, 0.717) is 12.4 Å². The second-order valence-electron chi connectivity index (χ2n) is 4.31. The third-order valence-corrected chi connectivity index (χ3v) is 3.25. The van der Waals surface area contributed by atoms with Crippen molar-refractivity contribution in [2.75, 3.05) is 0 Å². The Hall–Kier alpha value is -1.52. The second kappa shape index (κ2) is 6.08. The lowest BCUT2D eigenvalue weighted by Gasteiger charge is -2.14. The average molecular weight is 323 g/mol.